The summed E-state index contributed by atoms with van der Waals surface area (Å²) in [5.74, 6) is 0. The van der Waals surface area contributed by atoms with E-state index in [2.05, 4.69) is 59.7 Å². The van der Waals surface area contributed by atoms with Crippen molar-refractivity contribution in [2.24, 2.45) is 0 Å². The molecule has 3 nitrogen and oxygen atoms in total. The van der Waals surface area contributed by atoms with Gasteiger partial charge in [0.25, 0.3) is 0 Å². The van der Waals surface area contributed by atoms with Gasteiger partial charge in [0.15, 0.2) is 0 Å². The Morgan fingerprint density at radius 1 is 1.32 bits per heavy atom. The molecule has 0 aliphatic rings. The number of fused-ring (bicyclic) bond motifs is 1. The highest BCUT2D eigenvalue weighted by Gasteiger charge is 2.08. The van der Waals surface area contributed by atoms with E-state index in [1.165, 1.54) is 9.75 Å². The summed E-state index contributed by atoms with van der Waals surface area (Å²) in [7, 11) is 0. The maximum Gasteiger partial charge on any atom is 0.0670 e. The van der Waals surface area contributed by atoms with Crippen molar-refractivity contribution >= 4 is 27.9 Å². The van der Waals surface area contributed by atoms with Gasteiger partial charge in [-0.05, 0) is 43.7 Å². The van der Waals surface area contributed by atoms with Gasteiger partial charge in [0, 0.05) is 20.8 Å². The van der Waals surface area contributed by atoms with Gasteiger partial charge in [-0.25, -0.2) is 0 Å². The van der Waals surface area contributed by atoms with Crippen LogP contribution in [0.3, 0.4) is 0 Å². The Bertz CT molecular complexity index is 683. The maximum absolute atomic E-state index is 4.04. The Morgan fingerprint density at radius 2 is 2.21 bits per heavy atom. The zero-order valence-corrected chi connectivity index (χ0v) is 11.9. The normalized spacial score (nSPS) is 12.7. The second-order valence-electron chi connectivity index (χ2n) is 4.70. The van der Waals surface area contributed by atoms with Gasteiger partial charge < -0.3 is 5.32 Å². The van der Waals surface area contributed by atoms with E-state index in [1.54, 1.807) is 0 Å². The quantitative estimate of drug-likeness (QED) is 0.740. The fourth-order valence-corrected chi connectivity index (χ4v) is 3.12. The van der Waals surface area contributed by atoms with E-state index in [1.807, 2.05) is 17.5 Å². The number of aryl methyl sites for hydroxylation is 1. The Hall–Kier alpha value is -1.81. The lowest BCUT2D eigenvalue weighted by Crippen LogP contribution is -2.04. The molecule has 0 bridgehead atoms. The van der Waals surface area contributed by atoms with Gasteiger partial charge in [-0.1, -0.05) is 6.92 Å². The van der Waals surface area contributed by atoms with Crippen molar-refractivity contribution in [2.45, 2.75) is 26.3 Å². The Morgan fingerprint density at radius 3 is 3.00 bits per heavy atom. The molecule has 1 unspecified atom stereocenters. The molecular weight excluding hydrogens is 254 g/mol. The number of hydrogen-bond acceptors (Lipinski definition) is 3. The number of H-pyrrole nitrogens is 1. The summed E-state index contributed by atoms with van der Waals surface area (Å²) in [5.41, 5.74) is 2.19. The van der Waals surface area contributed by atoms with E-state index >= 15 is 0 Å². The average molecular weight is 271 g/mol. The summed E-state index contributed by atoms with van der Waals surface area (Å²) in [6.45, 7) is 4.39. The number of nitrogens with zero attached hydrogens (tertiary/aromatic N) is 1. The zero-order chi connectivity index (χ0) is 13.2. The first-order valence-corrected chi connectivity index (χ1v) is 7.36. The summed E-state index contributed by atoms with van der Waals surface area (Å²) >= 11 is 1.88. The van der Waals surface area contributed by atoms with Gasteiger partial charge in [-0.2, -0.15) is 5.10 Å². The molecule has 0 radical (unpaired) electrons. The molecule has 0 fully saturated rings. The molecule has 2 heterocycles. The highest BCUT2D eigenvalue weighted by molar-refractivity contribution is 7.12. The summed E-state index contributed by atoms with van der Waals surface area (Å²) in [6, 6.07) is 11.0. The molecule has 2 aromatic heterocycles. The minimum Gasteiger partial charge on any atom is -0.378 e. The highest BCUT2D eigenvalue weighted by Crippen LogP contribution is 2.27. The molecule has 1 atom stereocenters. The Labute approximate surface area is 116 Å². The highest BCUT2D eigenvalue weighted by atomic mass is 32.1. The molecule has 1 aromatic carbocycles. The van der Waals surface area contributed by atoms with Crippen LogP contribution < -0.4 is 5.32 Å². The molecule has 3 rings (SSSR count). The molecule has 0 aliphatic carbocycles. The van der Waals surface area contributed by atoms with E-state index in [0.29, 0.717) is 6.04 Å². The number of hydrogen-bond donors (Lipinski definition) is 2. The summed E-state index contributed by atoms with van der Waals surface area (Å²) in [6.07, 6.45) is 2.95. The van der Waals surface area contributed by atoms with Crippen LogP contribution in [0.2, 0.25) is 0 Å². The Kier molecular flexibility index (Phi) is 3.25. The third kappa shape index (κ3) is 2.49. The van der Waals surface area contributed by atoms with E-state index in [4.69, 9.17) is 0 Å². The van der Waals surface area contributed by atoms with Crippen LogP contribution in [0.15, 0.2) is 36.5 Å². The monoisotopic (exact) mass is 271 g/mol. The number of aromatic amines is 1. The number of anilines is 1. The smallest absolute Gasteiger partial charge is 0.0670 e. The van der Waals surface area contributed by atoms with Crippen LogP contribution in [0.25, 0.3) is 10.9 Å². The van der Waals surface area contributed by atoms with Gasteiger partial charge in [-0.15, -0.1) is 11.3 Å². The minimum absolute atomic E-state index is 0.325. The molecule has 0 amide bonds. The third-order valence-electron chi connectivity index (χ3n) is 3.28. The standard InChI is InChI=1S/C15H17N3S/c1-3-13-6-7-15(19-13)10(2)17-12-5-4-11-9-16-18-14(11)8-12/h4-10,17H,3H2,1-2H3,(H,16,18). The number of aromatic nitrogens is 2. The van der Waals surface area contributed by atoms with Crippen molar-refractivity contribution in [3.8, 4) is 0 Å². The average Bonchev–Trinajstić information content (AvgIpc) is 3.06. The molecule has 0 aliphatic heterocycles. The topological polar surface area (TPSA) is 40.7 Å². The van der Waals surface area contributed by atoms with Gasteiger partial charge >= 0.3 is 0 Å². The Balaban J connectivity index is 1.79. The molecule has 0 spiro atoms. The van der Waals surface area contributed by atoms with Crippen LogP contribution in [0.5, 0.6) is 0 Å². The van der Waals surface area contributed by atoms with Crippen molar-refractivity contribution in [1.82, 2.24) is 10.2 Å². The largest absolute Gasteiger partial charge is 0.378 e. The van der Waals surface area contributed by atoms with E-state index in [-0.39, 0.29) is 0 Å². The summed E-state index contributed by atoms with van der Waals surface area (Å²) in [4.78, 5) is 2.81. The molecule has 19 heavy (non-hydrogen) atoms. The fourth-order valence-electron chi connectivity index (χ4n) is 2.17. The van der Waals surface area contributed by atoms with Gasteiger partial charge in [-0.3, -0.25) is 5.10 Å². The number of thiophene rings is 1. The van der Waals surface area contributed by atoms with Crippen LogP contribution in [0.4, 0.5) is 5.69 Å². The fraction of sp³-hybridized carbons (Fsp3) is 0.267. The second-order valence-corrected chi connectivity index (χ2v) is 5.90. The van der Waals surface area contributed by atoms with Crippen LogP contribution in [-0.4, -0.2) is 10.2 Å². The zero-order valence-electron chi connectivity index (χ0n) is 11.1. The molecule has 0 saturated carbocycles. The minimum atomic E-state index is 0.325. The number of benzene rings is 1. The molecule has 3 aromatic rings. The molecule has 0 saturated heterocycles. The van der Waals surface area contributed by atoms with Crippen LogP contribution in [-0.2, 0) is 6.42 Å². The van der Waals surface area contributed by atoms with E-state index < -0.39 is 0 Å². The lowest BCUT2D eigenvalue weighted by Gasteiger charge is -2.13. The van der Waals surface area contributed by atoms with E-state index in [0.717, 1.165) is 23.0 Å². The maximum atomic E-state index is 4.04. The van der Waals surface area contributed by atoms with Crippen molar-refractivity contribution in [3.05, 3.63) is 46.3 Å². The summed E-state index contributed by atoms with van der Waals surface area (Å²) < 4.78 is 0. The van der Waals surface area contributed by atoms with Gasteiger partial charge in [0.05, 0.1) is 17.8 Å². The van der Waals surface area contributed by atoms with Crippen molar-refractivity contribution in [3.63, 3.8) is 0 Å². The lowest BCUT2D eigenvalue weighted by molar-refractivity contribution is 0.908. The number of rotatable bonds is 4. The molecular formula is C15H17N3S. The third-order valence-corrected chi connectivity index (χ3v) is 4.70. The SMILES string of the molecule is CCc1ccc(C(C)Nc2ccc3cn[nH]c3c2)s1. The first-order chi connectivity index (χ1) is 9.26. The lowest BCUT2D eigenvalue weighted by atomic mass is 10.2. The van der Waals surface area contributed by atoms with Crippen molar-refractivity contribution < 1.29 is 0 Å². The van der Waals surface area contributed by atoms with Crippen molar-refractivity contribution in [1.29, 1.82) is 0 Å². The van der Waals surface area contributed by atoms with Crippen LogP contribution in [0, 0.1) is 0 Å². The predicted molar refractivity (Wildman–Crippen MR) is 81.8 cm³/mol. The van der Waals surface area contributed by atoms with Gasteiger partial charge in [0.2, 0.25) is 0 Å². The van der Waals surface area contributed by atoms with Crippen LogP contribution in [0.1, 0.15) is 29.6 Å². The van der Waals surface area contributed by atoms with Crippen molar-refractivity contribution in [2.75, 3.05) is 5.32 Å². The molecule has 98 valence electrons. The predicted octanol–water partition coefficient (Wildman–Crippen LogP) is 4.36. The molecule has 4 heteroatoms. The second kappa shape index (κ2) is 5.05. The van der Waals surface area contributed by atoms with Gasteiger partial charge in [0.1, 0.15) is 0 Å². The summed E-state index contributed by atoms with van der Waals surface area (Å²) in [5, 5.41) is 11.7. The van der Waals surface area contributed by atoms with E-state index in [9.17, 15) is 0 Å². The number of nitrogens with one attached hydrogen (secondary N) is 2. The first-order valence-electron chi connectivity index (χ1n) is 6.54. The van der Waals surface area contributed by atoms with Crippen LogP contribution >= 0.6 is 11.3 Å². The first kappa shape index (κ1) is 12.2. The molecule has 2 N–H and O–H groups in total.